The summed E-state index contributed by atoms with van der Waals surface area (Å²) >= 11 is 0. The first kappa shape index (κ1) is 16.2. The van der Waals surface area contributed by atoms with Gasteiger partial charge >= 0.3 is 0 Å². The van der Waals surface area contributed by atoms with E-state index in [1.54, 1.807) is 12.1 Å². The van der Waals surface area contributed by atoms with Crippen LogP contribution in [0.1, 0.15) is 33.6 Å². The van der Waals surface area contributed by atoms with E-state index in [0.29, 0.717) is 12.1 Å². The van der Waals surface area contributed by atoms with Gasteiger partial charge in [-0.05, 0) is 38.0 Å². The molecule has 2 atom stereocenters. The van der Waals surface area contributed by atoms with Gasteiger partial charge in [-0.2, -0.15) is 0 Å². The van der Waals surface area contributed by atoms with E-state index in [-0.39, 0.29) is 11.9 Å². The van der Waals surface area contributed by atoms with Gasteiger partial charge in [-0.3, -0.25) is 0 Å². The van der Waals surface area contributed by atoms with Gasteiger partial charge in [0.25, 0.3) is 0 Å². The monoisotopic (exact) mass is 294 g/mol. The summed E-state index contributed by atoms with van der Waals surface area (Å²) in [5, 5.41) is 3.43. The minimum Gasteiger partial charge on any atom is -0.372 e. The van der Waals surface area contributed by atoms with Gasteiger partial charge in [-0.1, -0.05) is 19.9 Å². The summed E-state index contributed by atoms with van der Waals surface area (Å²) in [7, 11) is 0. The van der Waals surface area contributed by atoms with Crippen molar-refractivity contribution in [3.05, 3.63) is 30.1 Å². The molecule has 0 radical (unpaired) electrons. The lowest BCUT2D eigenvalue weighted by molar-refractivity contribution is 0.0485. The summed E-state index contributed by atoms with van der Waals surface area (Å²) in [6, 6.07) is 7.29. The van der Waals surface area contributed by atoms with Gasteiger partial charge in [0, 0.05) is 31.4 Å². The highest BCUT2D eigenvalue weighted by Gasteiger charge is 2.26. The predicted molar refractivity (Wildman–Crippen MR) is 85.3 cm³/mol. The molecule has 2 rings (SSSR count). The van der Waals surface area contributed by atoms with Crippen LogP contribution >= 0.6 is 0 Å². The zero-order valence-corrected chi connectivity index (χ0v) is 13.3. The number of benzene rings is 1. The molecule has 1 aliphatic heterocycles. The summed E-state index contributed by atoms with van der Waals surface area (Å²) in [5.74, 6) is -0.183. The topological polar surface area (TPSA) is 24.5 Å². The zero-order chi connectivity index (χ0) is 15.2. The van der Waals surface area contributed by atoms with E-state index in [9.17, 15) is 4.39 Å². The lowest BCUT2D eigenvalue weighted by Crippen LogP contribution is -2.35. The van der Waals surface area contributed by atoms with E-state index in [1.165, 1.54) is 6.07 Å². The Kier molecular flexibility index (Phi) is 6.00. The summed E-state index contributed by atoms with van der Waals surface area (Å²) in [4.78, 5) is 2.19. The highest BCUT2D eigenvalue weighted by atomic mass is 19.1. The maximum absolute atomic E-state index is 13.3. The van der Waals surface area contributed by atoms with Gasteiger partial charge in [-0.15, -0.1) is 0 Å². The molecule has 1 aromatic rings. The Morgan fingerprint density at radius 2 is 2.10 bits per heavy atom. The van der Waals surface area contributed by atoms with Crippen LogP contribution in [0.15, 0.2) is 24.3 Å². The van der Waals surface area contributed by atoms with Crippen molar-refractivity contribution < 1.29 is 9.13 Å². The van der Waals surface area contributed by atoms with Gasteiger partial charge in [0.1, 0.15) is 5.82 Å². The summed E-state index contributed by atoms with van der Waals surface area (Å²) in [5.41, 5.74) is 0.935. The fourth-order valence-corrected chi connectivity index (χ4v) is 2.77. The van der Waals surface area contributed by atoms with Crippen molar-refractivity contribution in [2.45, 2.75) is 51.9 Å². The number of hydrogen-bond acceptors (Lipinski definition) is 3. The molecule has 21 heavy (non-hydrogen) atoms. The van der Waals surface area contributed by atoms with Gasteiger partial charge < -0.3 is 15.0 Å². The van der Waals surface area contributed by atoms with E-state index in [1.807, 2.05) is 6.07 Å². The van der Waals surface area contributed by atoms with Crippen molar-refractivity contribution in [3.63, 3.8) is 0 Å². The number of anilines is 1. The second-order valence-corrected chi connectivity index (χ2v) is 6.04. The molecule has 0 aromatic heterocycles. The van der Waals surface area contributed by atoms with E-state index < -0.39 is 0 Å². The Bertz CT molecular complexity index is 439. The molecule has 2 unspecified atom stereocenters. The van der Waals surface area contributed by atoms with Crippen molar-refractivity contribution in [2.75, 3.05) is 24.5 Å². The Morgan fingerprint density at radius 1 is 1.33 bits per heavy atom. The van der Waals surface area contributed by atoms with E-state index in [4.69, 9.17) is 4.74 Å². The second kappa shape index (κ2) is 7.76. The predicted octanol–water partition coefficient (Wildman–Crippen LogP) is 3.20. The average molecular weight is 294 g/mol. The van der Waals surface area contributed by atoms with Crippen LogP contribution in [0.4, 0.5) is 10.1 Å². The maximum Gasteiger partial charge on any atom is 0.125 e. The second-order valence-electron chi connectivity index (χ2n) is 6.04. The van der Waals surface area contributed by atoms with E-state index in [2.05, 4.69) is 31.0 Å². The molecule has 1 N–H and O–H groups in total. The highest BCUT2D eigenvalue weighted by Crippen LogP contribution is 2.23. The quantitative estimate of drug-likeness (QED) is 0.836. The van der Waals surface area contributed by atoms with Crippen LogP contribution in [0.5, 0.6) is 0 Å². The molecule has 1 heterocycles. The SMILES string of the molecule is CCN(CC1CCC(CNC(C)C)O1)c1cccc(F)c1. The molecule has 1 aromatic carbocycles. The van der Waals surface area contributed by atoms with E-state index in [0.717, 1.165) is 38.2 Å². The molecule has 0 spiro atoms. The number of nitrogens with one attached hydrogen (secondary N) is 1. The van der Waals surface area contributed by atoms with Crippen LogP contribution in [-0.2, 0) is 4.74 Å². The minimum absolute atomic E-state index is 0.183. The standard InChI is InChI=1S/C17H27FN2O/c1-4-20(15-7-5-6-14(18)10-15)12-17-9-8-16(21-17)11-19-13(2)3/h5-7,10,13,16-17,19H,4,8-9,11-12H2,1-3H3. The fourth-order valence-electron chi connectivity index (χ4n) is 2.77. The summed E-state index contributed by atoms with van der Waals surface area (Å²) in [6.07, 6.45) is 2.73. The van der Waals surface area contributed by atoms with Crippen LogP contribution in [-0.4, -0.2) is 37.9 Å². The average Bonchev–Trinajstić information content (AvgIpc) is 2.90. The Balaban J connectivity index is 1.86. The number of ether oxygens (including phenoxy) is 1. The first-order chi connectivity index (χ1) is 10.1. The molecule has 118 valence electrons. The first-order valence-electron chi connectivity index (χ1n) is 7.97. The van der Waals surface area contributed by atoms with Crippen LogP contribution in [0.25, 0.3) is 0 Å². The molecular formula is C17H27FN2O. The third kappa shape index (κ3) is 4.97. The van der Waals surface area contributed by atoms with Crippen LogP contribution in [0, 0.1) is 5.82 Å². The van der Waals surface area contributed by atoms with Crippen LogP contribution in [0.2, 0.25) is 0 Å². The van der Waals surface area contributed by atoms with Crippen LogP contribution in [0.3, 0.4) is 0 Å². The van der Waals surface area contributed by atoms with Crippen LogP contribution < -0.4 is 10.2 Å². The van der Waals surface area contributed by atoms with Gasteiger partial charge in [0.15, 0.2) is 0 Å². The lowest BCUT2D eigenvalue weighted by Gasteiger charge is -2.26. The molecule has 0 bridgehead atoms. The molecule has 1 saturated heterocycles. The molecule has 0 aliphatic carbocycles. The Labute approximate surface area is 127 Å². The molecule has 0 saturated carbocycles. The highest BCUT2D eigenvalue weighted by molar-refractivity contribution is 5.46. The number of nitrogens with zero attached hydrogens (tertiary/aromatic N) is 1. The van der Waals surface area contributed by atoms with Gasteiger partial charge in [0.2, 0.25) is 0 Å². The van der Waals surface area contributed by atoms with Crippen molar-refractivity contribution in [1.29, 1.82) is 0 Å². The molecule has 1 aliphatic rings. The molecule has 1 fully saturated rings. The first-order valence-corrected chi connectivity index (χ1v) is 7.97. The molecular weight excluding hydrogens is 267 g/mol. The number of rotatable bonds is 7. The summed E-state index contributed by atoms with van der Waals surface area (Å²) < 4.78 is 19.4. The maximum atomic E-state index is 13.3. The summed E-state index contributed by atoms with van der Waals surface area (Å²) in [6.45, 7) is 9.00. The van der Waals surface area contributed by atoms with Crippen molar-refractivity contribution in [3.8, 4) is 0 Å². The fraction of sp³-hybridized carbons (Fsp3) is 0.647. The van der Waals surface area contributed by atoms with Gasteiger partial charge in [-0.25, -0.2) is 4.39 Å². The largest absolute Gasteiger partial charge is 0.372 e. The number of hydrogen-bond donors (Lipinski definition) is 1. The molecule has 0 amide bonds. The smallest absolute Gasteiger partial charge is 0.125 e. The normalized spacial score (nSPS) is 22.0. The van der Waals surface area contributed by atoms with E-state index >= 15 is 0 Å². The van der Waals surface area contributed by atoms with Crippen molar-refractivity contribution in [2.24, 2.45) is 0 Å². The van der Waals surface area contributed by atoms with Crippen molar-refractivity contribution in [1.82, 2.24) is 5.32 Å². The molecule has 4 heteroatoms. The van der Waals surface area contributed by atoms with Crippen molar-refractivity contribution >= 4 is 5.69 Å². The third-order valence-corrected chi connectivity index (χ3v) is 3.93. The number of halogens is 1. The molecule has 3 nitrogen and oxygen atoms in total. The Morgan fingerprint density at radius 3 is 2.76 bits per heavy atom. The lowest BCUT2D eigenvalue weighted by atomic mass is 10.1. The zero-order valence-electron chi connectivity index (χ0n) is 13.3. The van der Waals surface area contributed by atoms with Gasteiger partial charge in [0.05, 0.1) is 12.2 Å². The Hall–Kier alpha value is -1.13. The third-order valence-electron chi connectivity index (χ3n) is 3.93. The number of likely N-dealkylation sites (N-methyl/N-ethyl adjacent to an activating group) is 1. The minimum atomic E-state index is -0.183.